The second kappa shape index (κ2) is 11.7. The van der Waals surface area contributed by atoms with E-state index in [1.807, 2.05) is 26.0 Å². The molecule has 0 heterocycles. The Balaban J connectivity index is 0.00000529. The first-order valence-corrected chi connectivity index (χ1v) is 10.1. The van der Waals surface area contributed by atoms with Gasteiger partial charge in [0, 0.05) is 19.3 Å². The zero-order chi connectivity index (χ0) is 17.3. The molecule has 5 nitrogen and oxygen atoms in total. The van der Waals surface area contributed by atoms with Crippen molar-refractivity contribution in [1.82, 2.24) is 10.6 Å². The molecule has 0 amide bonds. The number of nitrogens with one attached hydrogen (secondary N) is 2. The van der Waals surface area contributed by atoms with Gasteiger partial charge in [-0.25, -0.2) is 13.4 Å². The van der Waals surface area contributed by atoms with Gasteiger partial charge in [-0.1, -0.05) is 31.9 Å². The minimum Gasteiger partial charge on any atom is -0.357 e. The third kappa shape index (κ3) is 8.32. The van der Waals surface area contributed by atoms with Crippen LogP contribution in [0.15, 0.2) is 28.1 Å². The van der Waals surface area contributed by atoms with Gasteiger partial charge >= 0.3 is 0 Å². The summed E-state index contributed by atoms with van der Waals surface area (Å²) >= 11 is 0. The monoisotopic (exact) mass is 467 g/mol. The molecule has 7 heteroatoms. The molecule has 1 aromatic carbocycles. The largest absolute Gasteiger partial charge is 0.357 e. The number of benzene rings is 1. The number of sulfone groups is 1. The average molecular weight is 467 g/mol. The predicted octanol–water partition coefficient (Wildman–Crippen LogP) is 3.26. The molecule has 1 rings (SSSR count). The normalized spacial score (nSPS) is 11.8. The van der Waals surface area contributed by atoms with E-state index in [1.165, 1.54) is 19.1 Å². The summed E-state index contributed by atoms with van der Waals surface area (Å²) in [6.45, 7) is 8.28. The van der Waals surface area contributed by atoms with Crippen LogP contribution in [0, 0.1) is 6.92 Å². The molecular weight excluding hydrogens is 437 g/mol. The van der Waals surface area contributed by atoms with E-state index in [-0.39, 0.29) is 24.0 Å². The number of aliphatic imine (C=N–C) groups is 1. The molecule has 0 unspecified atom stereocenters. The van der Waals surface area contributed by atoms with Crippen LogP contribution < -0.4 is 10.6 Å². The van der Waals surface area contributed by atoms with Crippen LogP contribution in [0.25, 0.3) is 0 Å². The Hall–Kier alpha value is -0.830. The van der Waals surface area contributed by atoms with E-state index < -0.39 is 9.84 Å². The lowest BCUT2D eigenvalue weighted by atomic mass is 10.1. The van der Waals surface area contributed by atoms with E-state index in [9.17, 15) is 8.42 Å². The van der Waals surface area contributed by atoms with Crippen LogP contribution in [0.1, 0.15) is 44.2 Å². The van der Waals surface area contributed by atoms with Gasteiger partial charge < -0.3 is 10.6 Å². The SMILES string of the molecule is CCCCCNC(=NCc1ccc(S(C)(=O)=O)c(C)c1)NCC.I. The summed E-state index contributed by atoms with van der Waals surface area (Å²) < 4.78 is 23.3. The molecule has 0 bridgehead atoms. The van der Waals surface area contributed by atoms with Gasteiger partial charge in [-0.2, -0.15) is 0 Å². The van der Waals surface area contributed by atoms with Crippen LogP contribution in [-0.4, -0.2) is 33.7 Å². The molecule has 0 saturated heterocycles. The fraction of sp³-hybridized carbons (Fsp3) is 0.588. The molecule has 0 aliphatic heterocycles. The Morgan fingerprint density at radius 2 is 1.88 bits per heavy atom. The van der Waals surface area contributed by atoms with E-state index >= 15 is 0 Å². The zero-order valence-corrected chi connectivity index (χ0v) is 18.2. The molecule has 0 radical (unpaired) electrons. The van der Waals surface area contributed by atoms with Crippen molar-refractivity contribution >= 4 is 39.8 Å². The molecular formula is C17H30IN3O2S. The van der Waals surface area contributed by atoms with Crippen molar-refractivity contribution in [3.05, 3.63) is 29.3 Å². The van der Waals surface area contributed by atoms with Crippen LogP contribution in [-0.2, 0) is 16.4 Å². The number of nitrogens with zero attached hydrogens (tertiary/aromatic N) is 1. The molecule has 0 atom stereocenters. The third-order valence-electron chi connectivity index (χ3n) is 3.48. The number of unbranched alkanes of at least 4 members (excludes halogenated alkanes) is 2. The van der Waals surface area contributed by atoms with Gasteiger partial charge in [0.15, 0.2) is 15.8 Å². The standard InChI is InChI=1S/C17H29N3O2S.HI/c1-5-7-8-11-19-17(18-6-2)20-13-15-9-10-16(14(3)12-15)23(4,21)22;/h9-10,12H,5-8,11,13H2,1-4H3,(H2,18,19,20);1H. The number of guanidine groups is 1. The molecule has 1 aromatic rings. The Bertz CT molecular complexity index is 631. The first-order valence-electron chi connectivity index (χ1n) is 8.20. The van der Waals surface area contributed by atoms with Gasteiger partial charge in [-0.15, -0.1) is 24.0 Å². The van der Waals surface area contributed by atoms with Gasteiger partial charge in [0.1, 0.15) is 0 Å². The maximum atomic E-state index is 11.6. The fourth-order valence-corrected chi connectivity index (χ4v) is 3.28. The molecule has 0 aliphatic rings. The van der Waals surface area contributed by atoms with Crippen molar-refractivity contribution in [3.63, 3.8) is 0 Å². The lowest BCUT2D eigenvalue weighted by Gasteiger charge is -2.11. The third-order valence-corrected chi connectivity index (χ3v) is 4.73. The predicted molar refractivity (Wildman–Crippen MR) is 112 cm³/mol. The first kappa shape index (κ1) is 23.2. The molecule has 0 fully saturated rings. The van der Waals surface area contributed by atoms with Gasteiger partial charge in [-0.3, -0.25) is 0 Å². The van der Waals surface area contributed by atoms with Crippen LogP contribution in [0.5, 0.6) is 0 Å². The summed E-state index contributed by atoms with van der Waals surface area (Å²) in [5, 5.41) is 6.54. The Morgan fingerprint density at radius 3 is 2.42 bits per heavy atom. The summed E-state index contributed by atoms with van der Waals surface area (Å²) in [7, 11) is -3.17. The average Bonchev–Trinajstić information content (AvgIpc) is 2.47. The molecule has 0 aromatic heterocycles. The van der Waals surface area contributed by atoms with Crippen molar-refractivity contribution in [3.8, 4) is 0 Å². The summed E-state index contributed by atoms with van der Waals surface area (Å²) in [5.41, 5.74) is 1.77. The highest BCUT2D eigenvalue weighted by Gasteiger charge is 2.10. The Labute approximate surface area is 163 Å². The molecule has 0 saturated carbocycles. The lowest BCUT2D eigenvalue weighted by Crippen LogP contribution is -2.37. The van der Waals surface area contributed by atoms with Gasteiger partial charge in [0.05, 0.1) is 11.4 Å². The van der Waals surface area contributed by atoms with Gasteiger partial charge in [0.2, 0.25) is 0 Å². The highest BCUT2D eigenvalue weighted by molar-refractivity contribution is 14.0. The molecule has 0 aliphatic carbocycles. The highest BCUT2D eigenvalue weighted by Crippen LogP contribution is 2.17. The van der Waals surface area contributed by atoms with Crippen molar-refractivity contribution < 1.29 is 8.42 Å². The van der Waals surface area contributed by atoms with E-state index in [4.69, 9.17) is 0 Å². The quantitative estimate of drug-likeness (QED) is 0.267. The van der Waals surface area contributed by atoms with Crippen LogP contribution >= 0.6 is 24.0 Å². The van der Waals surface area contributed by atoms with Crippen molar-refractivity contribution in [2.45, 2.75) is 51.5 Å². The first-order chi connectivity index (χ1) is 10.9. The fourth-order valence-electron chi connectivity index (χ4n) is 2.32. The van der Waals surface area contributed by atoms with E-state index in [0.717, 1.165) is 36.6 Å². The summed E-state index contributed by atoms with van der Waals surface area (Å²) in [5.74, 6) is 0.799. The van der Waals surface area contributed by atoms with Crippen LogP contribution in [0.4, 0.5) is 0 Å². The van der Waals surface area contributed by atoms with Crippen molar-refractivity contribution in [2.75, 3.05) is 19.3 Å². The lowest BCUT2D eigenvalue weighted by molar-refractivity contribution is 0.601. The Morgan fingerprint density at radius 1 is 1.17 bits per heavy atom. The molecule has 0 spiro atoms. The topological polar surface area (TPSA) is 70.6 Å². The number of hydrogen-bond acceptors (Lipinski definition) is 3. The minimum atomic E-state index is -3.17. The molecule has 24 heavy (non-hydrogen) atoms. The van der Waals surface area contributed by atoms with Gasteiger partial charge in [0.25, 0.3) is 0 Å². The number of rotatable bonds is 8. The maximum Gasteiger partial charge on any atom is 0.191 e. The number of aryl methyl sites for hydroxylation is 1. The van der Waals surface area contributed by atoms with E-state index in [1.54, 1.807) is 6.07 Å². The Kier molecular flexibility index (Phi) is 11.3. The summed E-state index contributed by atoms with van der Waals surface area (Å²) in [4.78, 5) is 4.94. The summed E-state index contributed by atoms with van der Waals surface area (Å²) in [6.07, 6.45) is 4.76. The maximum absolute atomic E-state index is 11.6. The summed E-state index contributed by atoms with van der Waals surface area (Å²) in [6, 6.07) is 5.38. The second-order valence-corrected chi connectivity index (χ2v) is 7.69. The van der Waals surface area contributed by atoms with E-state index in [2.05, 4.69) is 22.5 Å². The zero-order valence-electron chi connectivity index (χ0n) is 15.1. The smallest absolute Gasteiger partial charge is 0.191 e. The highest BCUT2D eigenvalue weighted by atomic mass is 127. The van der Waals surface area contributed by atoms with Crippen molar-refractivity contribution in [2.24, 2.45) is 4.99 Å². The minimum absolute atomic E-state index is 0. The van der Waals surface area contributed by atoms with Crippen LogP contribution in [0.2, 0.25) is 0 Å². The van der Waals surface area contributed by atoms with Crippen LogP contribution in [0.3, 0.4) is 0 Å². The molecule has 138 valence electrons. The van der Waals surface area contributed by atoms with Crippen molar-refractivity contribution in [1.29, 1.82) is 0 Å². The van der Waals surface area contributed by atoms with E-state index in [0.29, 0.717) is 11.4 Å². The van der Waals surface area contributed by atoms with Gasteiger partial charge in [-0.05, 0) is 37.5 Å². The molecule has 2 N–H and O–H groups in total. The number of hydrogen-bond donors (Lipinski definition) is 2. The second-order valence-electron chi connectivity index (χ2n) is 5.70. The number of halogens is 1.